The van der Waals surface area contributed by atoms with Gasteiger partial charge >= 0.3 is 0 Å². The van der Waals surface area contributed by atoms with E-state index >= 15 is 0 Å². The number of nitro groups is 1. The zero-order valence-corrected chi connectivity index (χ0v) is 11.1. The van der Waals surface area contributed by atoms with E-state index in [0.717, 1.165) is 18.9 Å². The molecule has 0 amide bonds. The summed E-state index contributed by atoms with van der Waals surface area (Å²) in [5, 5.41) is 14.1. The highest BCUT2D eigenvalue weighted by molar-refractivity contribution is 5.35. The zero-order chi connectivity index (χ0) is 13.9. The molecule has 19 heavy (non-hydrogen) atoms. The number of hydrogen-bond donors (Lipinski definition) is 1. The lowest BCUT2D eigenvalue weighted by atomic mass is 9.83. The first-order valence-electron chi connectivity index (χ1n) is 6.67. The topological polar surface area (TPSA) is 55.2 Å². The molecule has 0 bridgehead atoms. The van der Waals surface area contributed by atoms with Crippen molar-refractivity contribution in [3.05, 3.63) is 39.7 Å². The molecule has 1 aromatic carbocycles. The van der Waals surface area contributed by atoms with Gasteiger partial charge in [-0.15, -0.1) is 0 Å². The van der Waals surface area contributed by atoms with Crippen molar-refractivity contribution in [2.45, 2.75) is 51.1 Å². The van der Waals surface area contributed by atoms with Gasteiger partial charge in [0, 0.05) is 18.2 Å². The first-order valence-corrected chi connectivity index (χ1v) is 6.67. The highest BCUT2D eigenvalue weighted by atomic mass is 19.1. The van der Waals surface area contributed by atoms with Crippen LogP contribution in [0.1, 0.15) is 44.6 Å². The summed E-state index contributed by atoms with van der Waals surface area (Å²) in [6.45, 7) is 2.63. The molecule has 2 rings (SSSR count). The Kier molecular flexibility index (Phi) is 4.14. The van der Waals surface area contributed by atoms with Gasteiger partial charge in [-0.05, 0) is 31.4 Å². The Bertz CT molecular complexity index is 471. The molecule has 1 aliphatic carbocycles. The Morgan fingerprint density at radius 2 is 2.00 bits per heavy atom. The van der Waals surface area contributed by atoms with Gasteiger partial charge in [0.15, 0.2) is 0 Å². The fourth-order valence-corrected chi connectivity index (χ4v) is 2.67. The number of hydrogen-bond acceptors (Lipinski definition) is 3. The molecule has 0 saturated heterocycles. The lowest BCUT2D eigenvalue weighted by Gasteiger charge is -2.34. The number of nitrogens with zero attached hydrogens (tertiary/aromatic N) is 1. The minimum Gasteiger partial charge on any atom is -0.307 e. The van der Waals surface area contributed by atoms with E-state index in [1.165, 1.54) is 31.4 Å². The summed E-state index contributed by atoms with van der Waals surface area (Å²) in [7, 11) is 0. The third-order valence-corrected chi connectivity index (χ3v) is 3.83. The number of benzene rings is 1. The van der Waals surface area contributed by atoms with Gasteiger partial charge in [0.2, 0.25) is 0 Å². The van der Waals surface area contributed by atoms with E-state index in [4.69, 9.17) is 0 Å². The summed E-state index contributed by atoms with van der Waals surface area (Å²) < 4.78 is 13.3. The number of non-ortho nitro benzene ring substituents is 1. The van der Waals surface area contributed by atoms with E-state index in [1.807, 2.05) is 0 Å². The first kappa shape index (κ1) is 13.9. The van der Waals surface area contributed by atoms with Crippen molar-refractivity contribution in [2.24, 2.45) is 0 Å². The van der Waals surface area contributed by atoms with E-state index in [9.17, 15) is 14.5 Å². The van der Waals surface area contributed by atoms with Crippen LogP contribution in [0.4, 0.5) is 10.1 Å². The van der Waals surface area contributed by atoms with E-state index in [0.29, 0.717) is 12.1 Å². The Hall–Kier alpha value is -1.49. The van der Waals surface area contributed by atoms with Crippen molar-refractivity contribution in [3.63, 3.8) is 0 Å². The highest BCUT2D eigenvalue weighted by Crippen LogP contribution is 2.28. The Morgan fingerprint density at radius 1 is 1.32 bits per heavy atom. The SMILES string of the molecule is CC1(NCc2cc(F)cc([N+](=O)[O-])c2)CCCCC1. The maximum absolute atomic E-state index is 13.3. The lowest BCUT2D eigenvalue weighted by Crippen LogP contribution is -2.43. The third-order valence-electron chi connectivity index (χ3n) is 3.83. The van der Waals surface area contributed by atoms with E-state index in [2.05, 4.69) is 12.2 Å². The van der Waals surface area contributed by atoms with Crippen LogP contribution in [0.2, 0.25) is 0 Å². The molecule has 0 atom stereocenters. The quantitative estimate of drug-likeness (QED) is 0.669. The predicted octanol–water partition coefficient (Wildman–Crippen LogP) is 3.55. The van der Waals surface area contributed by atoms with Gasteiger partial charge < -0.3 is 5.32 Å². The average Bonchev–Trinajstić information content (AvgIpc) is 2.37. The normalized spacial score (nSPS) is 18.2. The molecule has 0 aromatic heterocycles. The predicted molar refractivity (Wildman–Crippen MR) is 71.4 cm³/mol. The Morgan fingerprint density at radius 3 is 2.63 bits per heavy atom. The monoisotopic (exact) mass is 266 g/mol. The smallest absolute Gasteiger partial charge is 0.272 e. The van der Waals surface area contributed by atoms with Gasteiger partial charge in [0.1, 0.15) is 5.82 Å². The molecule has 5 heteroatoms. The van der Waals surface area contributed by atoms with Crippen LogP contribution in [0.25, 0.3) is 0 Å². The average molecular weight is 266 g/mol. The molecule has 1 fully saturated rings. The summed E-state index contributed by atoms with van der Waals surface area (Å²) >= 11 is 0. The van der Waals surface area contributed by atoms with Gasteiger partial charge in [-0.1, -0.05) is 19.3 Å². The van der Waals surface area contributed by atoms with Gasteiger partial charge in [0.25, 0.3) is 5.69 Å². The molecule has 1 saturated carbocycles. The summed E-state index contributed by atoms with van der Waals surface area (Å²) in [6, 6.07) is 3.74. The van der Waals surface area contributed by atoms with E-state index in [1.54, 1.807) is 0 Å². The van der Waals surface area contributed by atoms with Crippen LogP contribution >= 0.6 is 0 Å². The van der Waals surface area contributed by atoms with Crippen molar-refractivity contribution in [1.29, 1.82) is 0 Å². The van der Waals surface area contributed by atoms with Gasteiger partial charge in [-0.2, -0.15) is 0 Å². The molecule has 0 aliphatic heterocycles. The van der Waals surface area contributed by atoms with Crippen LogP contribution in [0.3, 0.4) is 0 Å². The van der Waals surface area contributed by atoms with Crippen molar-refractivity contribution < 1.29 is 9.31 Å². The maximum atomic E-state index is 13.3. The number of nitrogens with one attached hydrogen (secondary N) is 1. The van der Waals surface area contributed by atoms with Crippen molar-refractivity contribution >= 4 is 5.69 Å². The standard InChI is InChI=1S/C14H19FN2O2/c1-14(5-3-2-4-6-14)16-10-11-7-12(15)9-13(8-11)17(18)19/h7-9,16H,2-6,10H2,1H3. The summed E-state index contributed by atoms with van der Waals surface area (Å²) in [6.07, 6.45) is 5.87. The van der Waals surface area contributed by atoms with Crippen molar-refractivity contribution in [2.75, 3.05) is 0 Å². The van der Waals surface area contributed by atoms with Crippen LogP contribution < -0.4 is 5.32 Å². The third kappa shape index (κ3) is 3.73. The largest absolute Gasteiger partial charge is 0.307 e. The van der Waals surface area contributed by atoms with Gasteiger partial charge in [0.05, 0.1) is 11.0 Å². The van der Waals surface area contributed by atoms with Crippen LogP contribution in [-0.2, 0) is 6.54 Å². The number of nitro benzene ring substituents is 1. The van der Waals surface area contributed by atoms with Crippen molar-refractivity contribution in [1.82, 2.24) is 5.32 Å². The fourth-order valence-electron chi connectivity index (χ4n) is 2.67. The number of rotatable bonds is 4. The second kappa shape index (κ2) is 5.65. The molecule has 0 heterocycles. The second-order valence-electron chi connectivity index (χ2n) is 5.55. The van der Waals surface area contributed by atoms with Gasteiger partial charge in [-0.25, -0.2) is 4.39 Å². The summed E-state index contributed by atoms with van der Waals surface area (Å²) in [5.41, 5.74) is 0.503. The fraction of sp³-hybridized carbons (Fsp3) is 0.571. The van der Waals surface area contributed by atoms with Gasteiger partial charge in [-0.3, -0.25) is 10.1 Å². The van der Waals surface area contributed by atoms with E-state index in [-0.39, 0.29) is 11.2 Å². The molecule has 1 aliphatic rings. The van der Waals surface area contributed by atoms with Crippen LogP contribution in [-0.4, -0.2) is 10.5 Å². The molecule has 104 valence electrons. The minimum atomic E-state index is -0.561. The Labute approximate surface area is 112 Å². The number of halogens is 1. The molecule has 0 radical (unpaired) electrons. The molecule has 4 nitrogen and oxygen atoms in total. The van der Waals surface area contributed by atoms with Crippen molar-refractivity contribution in [3.8, 4) is 0 Å². The summed E-state index contributed by atoms with van der Waals surface area (Å²) in [4.78, 5) is 10.1. The second-order valence-corrected chi connectivity index (χ2v) is 5.55. The molecule has 0 spiro atoms. The summed E-state index contributed by atoms with van der Waals surface area (Å²) in [5.74, 6) is -0.556. The maximum Gasteiger partial charge on any atom is 0.272 e. The van der Waals surface area contributed by atoms with Crippen LogP contribution in [0, 0.1) is 15.9 Å². The first-order chi connectivity index (χ1) is 8.98. The molecular formula is C14H19FN2O2. The van der Waals surface area contributed by atoms with E-state index < -0.39 is 10.7 Å². The molecule has 1 N–H and O–H groups in total. The minimum absolute atomic E-state index is 0.0688. The molecule has 1 aromatic rings. The van der Waals surface area contributed by atoms with Crippen LogP contribution in [0.5, 0.6) is 0 Å². The lowest BCUT2D eigenvalue weighted by molar-refractivity contribution is -0.385. The zero-order valence-electron chi connectivity index (χ0n) is 11.1. The Balaban J connectivity index is 2.04. The highest BCUT2D eigenvalue weighted by Gasteiger charge is 2.25. The molecular weight excluding hydrogens is 247 g/mol. The van der Waals surface area contributed by atoms with Crippen LogP contribution in [0.15, 0.2) is 18.2 Å². The molecule has 0 unspecified atom stereocenters.